The van der Waals surface area contributed by atoms with Crippen molar-refractivity contribution in [1.82, 2.24) is 0 Å². The minimum atomic E-state index is -0.763. The van der Waals surface area contributed by atoms with Gasteiger partial charge in [-0.2, -0.15) is 21.0 Å². The van der Waals surface area contributed by atoms with Gasteiger partial charge in [-0.3, -0.25) is 0 Å². The lowest BCUT2D eigenvalue weighted by atomic mass is 9.83. The molecule has 22 rings (SSSR count). The maximum Gasteiger partial charge on any atom is 0.224 e. The largest absolute Gasteiger partial charge is 0.235 e. The fraction of sp³-hybridized carbons (Fsp3) is 0.0526. The zero-order valence-electron chi connectivity index (χ0n) is 68.4. The zero-order valence-corrected chi connectivity index (χ0v) is 68.4. The molecule has 0 atom stereocenters. The van der Waals surface area contributed by atoms with Crippen LogP contribution in [0.25, 0.3) is 215 Å². The molecule has 22 aromatic carbocycles. The van der Waals surface area contributed by atoms with Crippen molar-refractivity contribution < 1.29 is 17.6 Å². The van der Waals surface area contributed by atoms with Crippen LogP contribution in [-0.2, 0) is 5.41 Å². The molecule has 0 heterocycles. The van der Waals surface area contributed by atoms with E-state index >= 15 is 0 Å². The van der Waals surface area contributed by atoms with Crippen LogP contribution >= 0.6 is 0 Å². The van der Waals surface area contributed by atoms with Crippen LogP contribution in [0.15, 0.2) is 297 Å². The number of hydrogen-bond donors (Lipinski definition) is 0. The van der Waals surface area contributed by atoms with Crippen LogP contribution < -0.4 is 0 Å². The Hall–Kier alpha value is -17.4. The second-order valence-electron chi connectivity index (χ2n) is 32.7. The summed E-state index contributed by atoms with van der Waals surface area (Å²) in [6, 6.07) is 106. The molecule has 22 aromatic rings. The predicted molar refractivity (Wildman–Crippen MR) is 505 cm³/mol. The Morgan fingerprint density at radius 1 is 0.246 bits per heavy atom. The molecule has 126 heavy (non-hydrogen) atoms. The lowest BCUT2D eigenvalue weighted by molar-refractivity contribution is 0.591. The summed E-state index contributed by atoms with van der Waals surface area (Å²) in [6.45, 7) is 40.1. The summed E-state index contributed by atoms with van der Waals surface area (Å²) < 4.78 is 57.2. The molecule has 8 nitrogen and oxygen atoms in total. The Labute approximate surface area is 722 Å². The second-order valence-corrected chi connectivity index (χ2v) is 32.7. The van der Waals surface area contributed by atoms with Crippen molar-refractivity contribution in [3.05, 3.63) is 405 Å². The first-order valence-electron chi connectivity index (χ1n) is 40.6. The molecular formula is C114H64F4N8. The Morgan fingerprint density at radius 2 is 0.500 bits per heavy atom. The Bertz CT molecular complexity index is 8520. The number of aryl methyl sites for hydroxylation is 2. The van der Waals surface area contributed by atoms with Crippen molar-refractivity contribution in [2.75, 3.05) is 0 Å². The maximum absolute atomic E-state index is 14.4. The average Bonchev–Trinajstić information content (AvgIpc) is 0.733. The van der Waals surface area contributed by atoms with Gasteiger partial charge < -0.3 is 0 Å². The Balaban J connectivity index is 0.000000110. The van der Waals surface area contributed by atoms with Gasteiger partial charge in [0.25, 0.3) is 0 Å². The molecule has 0 aliphatic heterocycles. The maximum atomic E-state index is 14.4. The summed E-state index contributed by atoms with van der Waals surface area (Å²) in [5, 5.41) is 64.8. The van der Waals surface area contributed by atoms with E-state index in [1.165, 1.54) is 141 Å². The smallest absolute Gasteiger partial charge is 0.224 e. The van der Waals surface area contributed by atoms with E-state index in [0.29, 0.717) is 22.3 Å². The normalized spacial score (nSPS) is 11.3. The van der Waals surface area contributed by atoms with Gasteiger partial charge in [0, 0.05) is 0 Å². The van der Waals surface area contributed by atoms with Gasteiger partial charge in [0.15, 0.2) is 0 Å². The van der Waals surface area contributed by atoms with Crippen LogP contribution in [0.1, 0.15) is 59.7 Å². The first-order valence-corrected chi connectivity index (χ1v) is 40.6. The van der Waals surface area contributed by atoms with Gasteiger partial charge in [0.2, 0.25) is 22.7 Å². The third-order valence-corrected chi connectivity index (χ3v) is 24.5. The fourth-order valence-corrected chi connectivity index (χ4v) is 18.6. The van der Waals surface area contributed by atoms with E-state index in [1.807, 2.05) is 72.8 Å². The topological polar surface area (TPSA) is 113 Å². The van der Waals surface area contributed by atoms with E-state index in [0.717, 1.165) is 97.8 Å². The highest BCUT2D eigenvalue weighted by Crippen LogP contribution is 2.49. The minimum absolute atomic E-state index is 0.0687. The summed E-state index contributed by atoms with van der Waals surface area (Å²) >= 11 is 0. The van der Waals surface area contributed by atoms with Crippen LogP contribution in [0.2, 0.25) is 0 Å². The standard InChI is InChI=1S/C32H19FN2.C30H15FN2.C28H19FN2.C24H11FN2/c1-18-5-4-6-19(2)29(18)26-13-9-21-8-12-25-24(11-7-20-10-14-27(26)31(21)30(20)25)22-15-23(17-34)32(33)28(16-22)35-3;1-33-27-16-21(15-22(17-32)30(27)31)24-12-8-20-9-13-25-23(18-5-3-2-4-6-18)11-7-19-10-14-26(24)29(20)28(19)25;1-28(2,3)23-12-18-7-5-16-9-20(10-17-6-8-19(13-23)26(18)25(16)17)21-11-22(15-30)27(29)24(14-21)31-4;1-27-21-12-17(11-18(13-26)24(21)25)19-9-7-16-6-5-14-3-2-4-15-8-10-20(19)23(16)22(14)15/h4-16H,1-2H3;2-16H;5-14H,1-3H3;2-12H. The van der Waals surface area contributed by atoms with E-state index < -0.39 is 23.3 Å². The first kappa shape index (κ1) is 78.5. The SMILES string of the molecule is [C-]#[N+]c1cc(-c2cc3ccc4cc(C(C)(C)C)cc5ccc(c2)c3c45)cc(C#N)c1F.[C-]#[N+]c1cc(-c2ccc3ccc4c(-c5c(C)cccc5C)ccc5ccc2c3c54)cc(C#N)c1F.[C-]#[N+]c1cc(-c2ccc3ccc4c(-c5ccccc5)ccc5ccc2c3c54)cc(C#N)c1F.[C-]#[N+]c1cc(-c2ccc3ccc4cccc5ccc2c3c45)cc(C#N)c1F. The van der Waals surface area contributed by atoms with Crippen molar-refractivity contribution in [2.24, 2.45) is 0 Å². The molecular weight excluding hydrogens is 1560 g/mol. The first-order chi connectivity index (χ1) is 61.2. The van der Waals surface area contributed by atoms with Gasteiger partial charge in [-0.15, -0.1) is 0 Å². The summed E-state index contributed by atoms with van der Waals surface area (Å²) in [5.41, 5.74) is 13.9. The van der Waals surface area contributed by atoms with Crippen molar-refractivity contribution >= 4 is 152 Å². The van der Waals surface area contributed by atoms with Gasteiger partial charge in [-0.05, 0) is 293 Å². The highest BCUT2D eigenvalue weighted by molar-refractivity contribution is 6.31. The van der Waals surface area contributed by atoms with Crippen LogP contribution in [0, 0.1) is 109 Å². The van der Waals surface area contributed by atoms with Crippen LogP contribution in [0.5, 0.6) is 0 Å². The highest BCUT2D eigenvalue weighted by atomic mass is 19.1. The molecule has 0 radical (unpaired) electrons. The molecule has 0 aliphatic rings. The predicted octanol–water partition coefficient (Wildman–Crippen LogP) is 32.5. The number of halogens is 4. The average molecular weight is 1620 g/mol. The van der Waals surface area contributed by atoms with E-state index in [2.05, 4.69) is 254 Å². The van der Waals surface area contributed by atoms with Gasteiger partial charge in [0.05, 0.1) is 48.5 Å². The monoisotopic (exact) mass is 1620 g/mol. The molecule has 588 valence electrons. The number of hydrogen-bond acceptors (Lipinski definition) is 4. The Morgan fingerprint density at radius 3 is 0.841 bits per heavy atom. The van der Waals surface area contributed by atoms with Gasteiger partial charge in [-0.25, -0.2) is 36.9 Å². The quantitative estimate of drug-likeness (QED) is 0.0937. The van der Waals surface area contributed by atoms with Crippen LogP contribution in [0.3, 0.4) is 0 Å². The fourth-order valence-electron chi connectivity index (χ4n) is 18.6. The molecule has 0 saturated carbocycles. The van der Waals surface area contributed by atoms with Crippen molar-refractivity contribution in [1.29, 1.82) is 21.0 Å². The molecule has 0 amide bonds. The summed E-state index contributed by atoms with van der Waals surface area (Å²) in [6.07, 6.45) is 0. The molecule has 0 aliphatic carbocycles. The molecule has 0 spiro atoms. The molecule has 0 fully saturated rings. The highest BCUT2D eigenvalue weighted by Gasteiger charge is 2.25. The van der Waals surface area contributed by atoms with E-state index in [1.54, 1.807) is 0 Å². The molecule has 0 aromatic heterocycles. The van der Waals surface area contributed by atoms with E-state index in [-0.39, 0.29) is 50.4 Å². The van der Waals surface area contributed by atoms with Gasteiger partial charge >= 0.3 is 0 Å². The second kappa shape index (κ2) is 31.0. The lowest BCUT2D eigenvalue weighted by Gasteiger charge is -2.21. The summed E-state index contributed by atoms with van der Waals surface area (Å²) in [7, 11) is 0. The van der Waals surface area contributed by atoms with E-state index in [4.69, 9.17) is 26.3 Å². The number of nitrogens with zero attached hydrogens (tertiary/aromatic N) is 8. The molecule has 0 unspecified atom stereocenters. The minimum Gasteiger partial charge on any atom is -0.235 e. The molecule has 0 N–H and O–H groups in total. The third-order valence-electron chi connectivity index (χ3n) is 24.5. The number of nitriles is 4. The van der Waals surface area contributed by atoms with Gasteiger partial charge in [-0.1, -0.05) is 257 Å². The molecule has 0 saturated heterocycles. The summed E-state index contributed by atoms with van der Waals surface area (Å²) in [5.74, 6) is -3.04. The van der Waals surface area contributed by atoms with E-state index in [9.17, 15) is 38.6 Å². The van der Waals surface area contributed by atoms with Crippen molar-refractivity contribution in [3.8, 4) is 91.0 Å². The van der Waals surface area contributed by atoms with Crippen molar-refractivity contribution in [2.45, 2.75) is 40.0 Å². The van der Waals surface area contributed by atoms with Gasteiger partial charge in [0.1, 0.15) is 47.5 Å². The van der Waals surface area contributed by atoms with Crippen LogP contribution in [-0.4, -0.2) is 0 Å². The summed E-state index contributed by atoms with van der Waals surface area (Å²) in [4.78, 5) is 13.1. The number of rotatable bonds is 6. The van der Waals surface area contributed by atoms with Crippen LogP contribution in [0.4, 0.5) is 40.3 Å². The lowest BCUT2D eigenvalue weighted by Crippen LogP contribution is -2.10. The third kappa shape index (κ3) is 13.1. The van der Waals surface area contributed by atoms with Crippen molar-refractivity contribution in [3.63, 3.8) is 0 Å². The number of benzene rings is 22. The zero-order chi connectivity index (χ0) is 87.2. The molecule has 0 bridgehead atoms. The Kier molecular flexibility index (Phi) is 19.3. The molecule has 12 heteroatoms.